The van der Waals surface area contributed by atoms with Crippen LogP contribution in [0.25, 0.3) is 32.8 Å². The van der Waals surface area contributed by atoms with Crippen molar-refractivity contribution in [1.82, 2.24) is 0 Å². The molecule has 0 aliphatic carbocycles. The third-order valence-corrected chi connectivity index (χ3v) is 6.51. The molecule has 0 fully saturated rings. The molecule has 3 aromatic carbocycles. The van der Waals surface area contributed by atoms with Gasteiger partial charge in [0, 0.05) is 11.6 Å². The van der Waals surface area contributed by atoms with Gasteiger partial charge in [-0.2, -0.15) is 0 Å². The maximum atomic E-state index is 6.69. The first-order valence-electron chi connectivity index (χ1n) is 10.4. The predicted octanol–water partition coefficient (Wildman–Crippen LogP) is 6.81. The quantitative estimate of drug-likeness (QED) is 0.268. The fourth-order valence-electron chi connectivity index (χ4n) is 4.89. The Hall–Kier alpha value is -2.87. The summed E-state index contributed by atoms with van der Waals surface area (Å²) in [4.78, 5) is 0. The van der Waals surface area contributed by atoms with Crippen LogP contribution in [-0.4, -0.2) is 0 Å². The Balaban J connectivity index is 1.98. The third-order valence-electron chi connectivity index (χ3n) is 6.51. The highest BCUT2D eigenvalue weighted by molar-refractivity contribution is 6.07. The van der Waals surface area contributed by atoms with E-state index in [4.69, 9.17) is 4.74 Å². The Morgan fingerprint density at radius 1 is 0.897 bits per heavy atom. The minimum atomic E-state index is 0.0674. The van der Waals surface area contributed by atoms with Gasteiger partial charge < -0.3 is 4.74 Å². The van der Waals surface area contributed by atoms with Crippen molar-refractivity contribution in [2.45, 2.75) is 47.0 Å². The van der Waals surface area contributed by atoms with E-state index in [0.717, 1.165) is 11.5 Å². The molecule has 2 heteroatoms. The molecule has 1 aliphatic heterocycles. The van der Waals surface area contributed by atoms with Gasteiger partial charge in [0.05, 0.1) is 10.9 Å². The maximum Gasteiger partial charge on any atom is 0.228 e. The second-order valence-corrected chi connectivity index (χ2v) is 9.52. The second-order valence-electron chi connectivity index (χ2n) is 9.52. The van der Waals surface area contributed by atoms with E-state index in [0.29, 0.717) is 0 Å². The van der Waals surface area contributed by atoms with Crippen LogP contribution < -0.4 is 9.30 Å². The van der Waals surface area contributed by atoms with Crippen LogP contribution >= 0.6 is 0 Å². The number of hydrogen-bond acceptors (Lipinski definition) is 1. The molecule has 0 bridgehead atoms. The molecule has 1 aromatic heterocycles. The van der Waals surface area contributed by atoms with Gasteiger partial charge in [0.2, 0.25) is 5.69 Å². The summed E-state index contributed by atoms with van der Waals surface area (Å²) < 4.78 is 8.94. The number of hydrogen-bond donors (Lipinski definition) is 0. The first-order chi connectivity index (χ1) is 13.7. The fraction of sp³-hybridized carbons (Fsp3) is 0.296. The molecule has 2 nitrogen and oxygen atoms in total. The number of nitrogens with zero attached hydrogens (tertiary/aromatic N) is 1. The summed E-state index contributed by atoms with van der Waals surface area (Å²) in [7, 11) is 2.14. The maximum absolute atomic E-state index is 6.69. The lowest BCUT2D eigenvalue weighted by Gasteiger charge is -2.27. The van der Waals surface area contributed by atoms with Crippen LogP contribution in [0.5, 0.6) is 11.5 Å². The molecule has 0 saturated carbocycles. The van der Waals surface area contributed by atoms with Crippen molar-refractivity contribution in [1.29, 1.82) is 0 Å². The average molecular weight is 383 g/mol. The molecule has 2 heterocycles. The summed E-state index contributed by atoms with van der Waals surface area (Å²) in [6, 6.07) is 13.3. The van der Waals surface area contributed by atoms with Crippen LogP contribution in [0.4, 0.5) is 0 Å². The monoisotopic (exact) mass is 382 g/mol. The Bertz CT molecular complexity index is 1340. The SMILES string of the molecule is Cc1c2c(c(C)c3c(C)cccc13)-c1c3c(cc(C(C)(C)C)cc3cc[n+]1C)O2. The summed E-state index contributed by atoms with van der Waals surface area (Å²) in [6.07, 6.45) is 2.18. The van der Waals surface area contributed by atoms with E-state index in [2.05, 4.69) is 95.8 Å². The number of aryl methyl sites for hydroxylation is 4. The Labute approximate surface area is 172 Å². The van der Waals surface area contributed by atoms with Crippen molar-refractivity contribution in [3.05, 3.63) is 64.8 Å². The van der Waals surface area contributed by atoms with Gasteiger partial charge in [-0.3, -0.25) is 0 Å². The highest BCUT2D eigenvalue weighted by atomic mass is 16.5. The Morgan fingerprint density at radius 3 is 2.38 bits per heavy atom. The van der Waals surface area contributed by atoms with Crippen LogP contribution in [0.2, 0.25) is 0 Å². The highest BCUT2D eigenvalue weighted by Gasteiger charge is 2.33. The minimum absolute atomic E-state index is 0.0674. The minimum Gasteiger partial charge on any atom is -0.455 e. The van der Waals surface area contributed by atoms with Gasteiger partial charge in [-0.15, -0.1) is 0 Å². The summed E-state index contributed by atoms with van der Waals surface area (Å²) in [5.74, 6) is 1.97. The molecule has 0 atom stereocenters. The highest BCUT2D eigenvalue weighted by Crippen LogP contribution is 2.51. The van der Waals surface area contributed by atoms with Crippen molar-refractivity contribution in [3.63, 3.8) is 0 Å². The fourth-order valence-corrected chi connectivity index (χ4v) is 4.89. The molecule has 0 N–H and O–H groups in total. The Morgan fingerprint density at radius 2 is 1.66 bits per heavy atom. The molecule has 0 unspecified atom stereocenters. The average Bonchev–Trinajstić information content (AvgIpc) is 2.67. The summed E-state index contributed by atoms with van der Waals surface area (Å²) in [5.41, 5.74) is 7.68. The van der Waals surface area contributed by atoms with E-state index in [1.54, 1.807) is 0 Å². The molecule has 146 valence electrons. The number of ether oxygens (including phenoxy) is 1. The van der Waals surface area contributed by atoms with Gasteiger partial charge in [0.15, 0.2) is 6.20 Å². The smallest absolute Gasteiger partial charge is 0.228 e. The normalized spacial score (nSPS) is 12.9. The molecule has 0 radical (unpaired) electrons. The van der Waals surface area contributed by atoms with Gasteiger partial charge in [0.1, 0.15) is 18.5 Å². The molecule has 0 saturated heterocycles. The van der Waals surface area contributed by atoms with E-state index in [-0.39, 0.29) is 5.41 Å². The molecule has 0 amide bonds. The summed E-state index contributed by atoms with van der Waals surface area (Å²) >= 11 is 0. The number of fused-ring (bicyclic) bond motifs is 3. The molecule has 1 aliphatic rings. The zero-order valence-electron chi connectivity index (χ0n) is 18.4. The molecule has 5 rings (SSSR count). The van der Waals surface area contributed by atoms with Crippen LogP contribution in [-0.2, 0) is 12.5 Å². The van der Waals surface area contributed by atoms with Crippen LogP contribution in [0.3, 0.4) is 0 Å². The number of aromatic nitrogens is 1. The molecule has 0 spiro atoms. The van der Waals surface area contributed by atoms with Crippen molar-refractivity contribution in [2.24, 2.45) is 7.05 Å². The molecule has 4 aromatic rings. The van der Waals surface area contributed by atoms with Crippen LogP contribution in [0.1, 0.15) is 43.0 Å². The molecular formula is C27H28NO+. The number of benzene rings is 3. The van der Waals surface area contributed by atoms with E-state index in [1.165, 1.54) is 55.1 Å². The van der Waals surface area contributed by atoms with E-state index in [1.807, 2.05) is 0 Å². The van der Waals surface area contributed by atoms with Gasteiger partial charge in [-0.1, -0.05) is 39.0 Å². The lowest BCUT2D eigenvalue weighted by Crippen LogP contribution is -2.32. The van der Waals surface area contributed by atoms with Crippen molar-refractivity contribution in [3.8, 4) is 22.8 Å². The van der Waals surface area contributed by atoms with Crippen LogP contribution in [0.15, 0.2) is 42.6 Å². The van der Waals surface area contributed by atoms with Crippen molar-refractivity contribution < 1.29 is 9.30 Å². The zero-order chi connectivity index (χ0) is 20.7. The van der Waals surface area contributed by atoms with Gasteiger partial charge >= 0.3 is 0 Å². The Kier molecular flexibility index (Phi) is 3.65. The first kappa shape index (κ1) is 18.2. The number of rotatable bonds is 0. The third kappa shape index (κ3) is 2.45. The lowest BCUT2D eigenvalue weighted by molar-refractivity contribution is -0.659. The first-order valence-corrected chi connectivity index (χ1v) is 10.4. The number of pyridine rings is 1. The van der Waals surface area contributed by atoms with Gasteiger partial charge in [-0.05, 0) is 71.2 Å². The van der Waals surface area contributed by atoms with Crippen molar-refractivity contribution in [2.75, 3.05) is 0 Å². The van der Waals surface area contributed by atoms with E-state index >= 15 is 0 Å². The summed E-state index contributed by atoms with van der Waals surface area (Å²) in [5, 5.41) is 5.09. The topological polar surface area (TPSA) is 13.1 Å². The molecular weight excluding hydrogens is 354 g/mol. The van der Waals surface area contributed by atoms with Crippen LogP contribution in [0, 0.1) is 20.8 Å². The van der Waals surface area contributed by atoms with E-state index in [9.17, 15) is 0 Å². The van der Waals surface area contributed by atoms with Gasteiger partial charge in [0.25, 0.3) is 0 Å². The van der Waals surface area contributed by atoms with Crippen molar-refractivity contribution >= 4 is 21.5 Å². The van der Waals surface area contributed by atoms with E-state index < -0.39 is 0 Å². The second kappa shape index (κ2) is 5.82. The standard InChI is InChI=1S/C27H28NO/c1-15-9-8-10-20-16(2)26-23(17(3)22(15)20)25-24-18(11-12-28(25)7)13-19(27(4,5)6)14-21(24)29-26/h8-14H,1-7H3/q+1. The largest absolute Gasteiger partial charge is 0.455 e. The zero-order valence-corrected chi connectivity index (χ0v) is 18.4. The van der Waals surface area contributed by atoms with Gasteiger partial charge in [-0.25, -0.2) is 4.57 Å². The molecule has 29 heavy (non-hydrogen) atoms. The lowest BCUT2D eigenvalue weighted by atomic mass is 9.83. The summed E-state index contributed by atoms with van der Waals surface area (Å²) in [6.45, 7) is 13.4. The predicted molar refractivity (Wildman–Crippen MR) is 121 cm³/mol.